The van der Waals surface area contributed by atoms with Crippen molar-refractivity contribution >= 4 is 17.5 Å². The first-order chi connectivity index (χ1) is 8.19. The molecule has 0 saturated heterocycles. The third kappa shape index (κ3) is 3.49. The molecule has 1 rings (SSSR count). The van der Waals surface area contributed by atoms with Gasteiger partial charge in [-0.1, -0.05) is 23.3 Å². The molecule has 0 saturated carbocycles. The van der Waals surface area contributed by atoms with Crippen LogP contribution in [0.1, 0.15) is 10.4 Å². The van der Waals surface area contributed by atoms with Crippen molar-refractivity contribution in [3.05, 3.63) is 40.3 Å². The third-order valence-corrected chi connectivity index (χ3v) is 1.87. The van der Waals surface area contributed by atoms with Gasteiger partial charge in [-0.3, -0.25) is 15.0 Å². The van der Waals surface area contributed by atoms with Crippen molar-refractivity contribution in [1.29, 1.82) is 0 Å². The molecule has 8 heteroatoms. The number of hydrogen-bond acceptors (Lipinski definition) is 4. The summed E-state index contributed by atoms with van der Waals surface area (Å²) in [5.74, 6) is 3.81. The van der Waals surface area contributed by atoms with E-state index in [1.165, 1.54) is 12.1 Å². The monoisotopic (exact) mass is 234 g/mol. The minimum absolute atomic E-state index is 0.190. The Bertz CT molecular complexity index is 480. The molecule has 4 N–H and O–H groups in total. The Morgan fingerprint density at radius 1 is 1.41 bits per heavy atom. The molecule has 0 fully saturated rings. The molecular weight excluding hydrogens is 224 g/mol. The predicted octanol–water partition coefficient (Wildman–Crippen LogP) is 0.348. The summed E-state index contributed by atoms with van der Waals surface area (Å²) >= 11 is 0. The van der Waals surface area contributed by atoms with Gasteiger partial charge in [0, 0.05) is 10.5 Å². The number of rotatable bonds is 4. The Kier molecular flexibility index (Phi) is 4.49. The van der Waals surface area contributed by atoms with Gasteiger partial charge in [-0.05, 0) is 11.6 Å². The lowest BCUT2D eigenvalue weighted by Gasteiger charge is -2.05. The Hall–Kier alpha value is -2.57. The van der Waals surface area contributed by atoms with Crippen LogP contribution in [0.5, 0.6) is 0 Å². The fourth-order valence-electron chi connectivity index (χ4n) is 1.11. The van der Waals surface area contributed by atoms with Crippen molar-refractivity contribution < 1.29 is 9.59 Å². The summed E-state index contributed by atoms with van der Waals surface area (Å²) < 4.78 is 0. The largest absolute Gasteiger partial charge is 0.343 e. The zero-order valence-corrected chi connectivity index (χ0v) is 8.75. The second-order valence-electron chi connectivity index (χ2n) is 2.96. The van der Waals surface area contributed by atoms with E-state index in [-0.39, 0.29) is 17.8 Å². The first-order valence-electron chi connectivity index (χ1n) is 4.60. The van der Waals surface area contributed by atoms with Gasteiger partial charge in [0.05, 0.1) is 12.2 Å². The van der Waals surface area contributed by atoms with E-state index in [9.17, 15) is 9.59 Å². The normalized spacial score (nSPS) is 9.00. The lowest BCUT2D eigenvalue weighted by molar-refractivity contribution is -0.120. The quantitative estimate of drug-likeness (QED) is 0.173. The Labute approximate surface area is 96.4 Å². The van der Waals surface area contributed by atoms with Crippen LogP contribution in [-0.2, 0) is 4.79 Å². The molecule has 0 atom stereocenters. The predicted molar refractivity (Wildman–Crippen MR) is 59.9 cm³/mol. The van der Waals surface area contributed by atoms with Crippen molar-refractivity contribution in [3.8, 4) is 0 Å². The van der Waals surface area contributed by atoms with Crippen LogP contribution in [0.2, 0.25) is 0 Å². The second-order valence-corrected chi connectivity index (χ2v) is 2.96. The van der Waals surface area contributed by atoms with E-state index in [1.54, 1.807) is 12.1 Å². The summed E-state index contributed by atoms with van der Waals surface area (Å²) in [6, 6.07) is 6.24. The molecule has 0 radical (unpaired) electrons. The van der Waals surface area contributed by atoms with Gasteiger partial charge in [-0.25, -0.2) is 5.84 Å². The number of azide groups is 1. The molecule has 1 aromatic rings. The number of nitrogens with two attached hydrogens (primary N) is 1. The van der Waals surface area contributed by atoms with Gasteiger partial charge in [-0.2, -0.15) is 0 Å². The van der Waals surface area contributed by atoms with Crippen LogP contribution < -0.4 is 16.6 Å². The zero-order chi connectivity index (χ0) is 12.7. The second kappa shape index (κ2) is 6.11. The summed E-state index contributed by atoms with van der Waals surface area (Å²) in [7, 11) is 0. The van der Waals surface area contributed by atoms with Crippen molar-refractivity contribution in [2.24, 2.45) is 11.0 Å². The highest BCUT2D eigenvalue weighted by molar-refractivity contribution is 6.00. The average Bonchev–Trinajstić information content (AvgIpc) is 2.36. The molecule has 8 nitrogen and oxygen atoms in total. The highest BCUT2D eigenvalue weighted by Crippen LogP contribution is 2.18. The average molecular weight is 234 g/mol. The molecule has 17 heavy (non-hydrogen) atoms. The van der Waals surface area contributed by atoms with Gasteiger partial charge in [0.25, 0.3) is 11.8 Å². The van der Waals surface area contributed by atoms with Crippen LogP contribution in [0.4, 0.5) is 5.69 Å². The van der Waals surface area contributed by atoms with Crippen LogP contribution in [0, 0.1) is 0 Å². The molecule has 0 aliphatic rings. The maximum Gasteiger partial charge on any atom is 0.253 e. The highest BCUT2D eigenvalue weighted by Gasteiger charge is 2.10. The van der Waals surface area contributed by atoms with Gasteiger partial charge in [0.1, 0.15) is 0 Å². The molecule has 0 spiro atoms. The molecule has 0 aliphatic carbocycles. The first kappa shape index (κ1) is 12.5. The van der Waals surface area contributed by atoms with E-state index >= 15 is 0 Å². The standard InChI is InChI=1S/C9H10N6O2/c10-13-8(16)5-12-9(17)6-3-1-2-4-7(6)14-15-11/h1-4H,5,10H2,(H,12,17)(H,13,16). The molecular formula is C9H10N6O2. The maximum absolute atomic E-state index is 11.6. The van der Waals surface area contributed by atoms with Gasteiger partial charge in [0.15, 0.2) is 0 Å². The van der Waals surface area contributed by atoms with Crippen molar-refractivity contribution in [1.82, 2.24) is 10.7 Å². The van der Waals surface area contributed by atoms with Gasteiger partial charge >= 0.3 is 0 Å². The number of amides is 2. The molecule has 88 valence electrons. The van der Waals surface area contributed by atoms with Crippen molar-refractivity contribution in [2.45, 2.75) is 0 Å². The topological polar surface area (TPSA) is 133 Å². The summed E-state index contributed by atoms with van der Waals surface area (Å²) in [4.78, 5) is 25.1. The van der Waals surface area contributed by atoms with Gasteiger partial charge in [-0.15, -0.1) is 0 Å². The van der Waals surface area contributed by atoms with E-state index in [4.69, 9.17) is 11.4 Å². The first-order valence-corrected chi connectivity index (χ1v) is 4.60. The molecule has 0 aromatic heterocycles. The number of hydrogen-bond donors (Lipinski definition) is 3. The summed E-state index contributed by atoms with van der Waals surface area (Å²) in [6.07, 6.45) is 0. The lowest BCUT2D eigenvalue weighted by Crippen LogP contribution is -2.40. The molecule has 0 bridgehead atoms. The molecule has 2 amide bonds. The number of nitrogens with zero attached hydrogens (tertiary/aromatic N) is 3. The number of nitrogens with one attached hydrogen (secondary N) is 2. The van der Waals surface area contributed by atoms with Crippen molar-refractivity contribution in [3.63, 3.8) is 0 Å². The minimum Gasteiger partial charge on any atom is -0.343 e. The minimum atomic E-state index is -0.528. The van der Waals surface area contributed by atoms with Crippen LogP contribution in [-0.4, -0.2) is 18.4 Å². The summed E-state index contributed by atoms with van der Waals surface area (Å²) in [5, 5.41) is 5.70. The van der Waals surface area contributed by atoms with Crippen LogP contribution in [0.3, 0.4) is 0 Å². The maximum atomic E-state index is 11.6. The highest BCUT2D eigenvalue weighted by atomic mass is 16.2. The number of benzene rings is 1. The summed E-state index contributed by atoms with van der Waals surface area (Å²) in [5.41, 5.74) is 10.6. The van der Waals surface area contributed by atoms with E-state index < -0.39 is 11.8 Å². The van der Waals surface area contributed by atoms with E-state index in [2.05, 4.69) is 15.3 Å². The molecule has 0 aliphatic heterocycles. The number of carbonyl (C=O) groups is 2. The SMILES string of the molecule is [N-]=[N+]=Nc1ccccc1C(=O)NCC(=O)NN. The van der Waals surface area contributed by atoms with Crippen molar-refractivity contribution in [2.75, 3.05) is 6.54 Å². The Balaban J connectivity index is 2.81. The molecule has 1 aromatic carbocycles. The number of carbonyl (C=O) groups excluding carboxylic acids is 2. The Morgan fingerprint density at radius 2 is 2.12 bits per heavy atom. The van der Waals surface area contributed by atoms with Crippen LogP contribution in [0.25, 0.3) is 10.4 Å². The van der Waals surface area contributed by atoms with E-state index in [0.29, 0.717) is 0 Å². The third-order valence-electron chi connectivity index (χ3n) is 1.87. The number of hydrazine groups is 1. The van der Waals surface area contributed by atoms with E-state index in [1.807, 2.05) is 5.43 Å². The van der Waals surface area contributed by atoms with Crippen LogP contribution in [0.15, 0.2) is 29.4 Å². The summed E-state index contributed by atoms with van der Waals surface area (Å²) in [6.45, 7) is -0.250. The molecule has 0 heterocycles. The van der Waals surface area contributed by atoms with Crippen LogP contribution >= 0.6 is 0 Å². The molecule has 0 unspecified atom stereocenters. The zero-order valence-electron chi connectivity index (χ0n) is 8.75. The smallest absolute Gasteiger partial charge is 0.253 e. The Morgan fingerprint density at radius 3 is 2.76 bits per heavy atom. The fourth-order valence-corrected chi connectivity index (χ4v) is 1.11. The van der Waals surface area contributed by atoms with Gasteiger partial charge in [0.2, 0.25) is 0 Å². The van der Waals surface area contributed by atoms with E-state index in [0.717, 1.165) is 0 Å². The van der Waals surface area contributed by atoms with Gasteiger partial charge < -0.3 is 5.32 Å². The lowest BCUT2D eigenvalue weighted by atomic mass is 10.1. The fraction of sp³-hybridized carbons (Fsp3) is 0.111.